The summed E-state index contributed by atoms with van der Waals surface area (Å²) in [6, 6.07) is 16.2. The molecule has 214 valence electrons. The number of nitrogens with zero attached hydrogens (tertiary/aromatic N) is 2. The van der Waals surface area contributed by atoms with Gasteiger partial charge in [0.25, 0.3) is 23.6 Å². The Morgan fingerprint density at radius 3 is 1.65 bits per heavy atom. The Kier molecular flexibility index (Phi) is 6.65. The SMILES string of the molecule is Nc1ccc2c3c(cccc13)C(=O)N(CC(=O)NCCC=[NH+]C(=O)CN1C(=O)c3cccc4c(N)ccc(c34)C1=O)C2=O. The molecule has 43 heavy (non-hydrogen) atoms. The zero-order valence-corrected chi connectivity index (χ0v) is 22.7. The fourth-order valence-corrected chi connectivity index (χ4v) is 5.48. The Labute approximate surface area is 243 Å². The number of hydrogen-bond donors (Lipinski definition) is 4. The van der Waals surface area contributed by atoms with Gasteiger partial charge in [0.05, 0.1) is 0 Å². The minimum absolute atomic E-state index is 0.0937. The first-order chi connectivity index (χ1) is 20.7. The third-order valence-electron chi connectivity index (χ3n) is 7.53. The van der Waals surface area contributed by atoms with Crippen LogP contribution in [0.4, 0.5) is 11.4 Å². The number of carbonyl (C=O) groups is 6. The second kappa shape index (κ2) is 10.5. The molecule has 0 aromatic heterocycles. The van der Waals surface area contributed by atoms with Crippen LogP contribution in [-0.4, -0.2) is 71.1 Å². The molecule has 0 saturated carbocycles. The van der Waals surface area contributed by atoms with Crippen LogP contribution in [0.15, 0.2) is 60.7 Å². The molecule has 6 amide bonds. The van der Waals surface area contributed by atoms with E-state index >= 15 is 0 Å². The molecule has 0 radical (unpaired) electrons. The molecule has 4 aromatic carbocycles. The summed E-state index contributed by atoms with van der Waals surface area (Å²) in [7, 11) is 0. The number of carbonyl (C=O) groups excluding carboxylic acids is 6. The van der Waals surface area contributed by atoms with E-state index < -0.39 is 48.5 Å². The fraction of sp³-hybridized carbons (Fsp3) is 0.129. The Balaban J connectivity index is 1.03. The van der Waals surface area contributed by atoms with Gasteiger partial charge in [0.15, 0.2) is 6.54 Å². The van der Waals surface area contributed by atoms with E-state index in [1.165, 1.54) is 12.3 Å². The molecule has 0 fully saturated rings. The van der Waals surface area contributed by atoms with Gasteiger partial charge < -0.3 is 16.8 Å². The summed E-state index contributed by atoms with van der Waals surface area (Å²) in [5.41, 5.74) is 14.0. The molecule has 4 aromatic rings. The van der Waals surface area contributed by atoms with Crippen LogP contribution in [0, 0.1) is 0 Å². The predicted molar refractivity (Wildman–Crippen MR) is 157 cm³/mol. The number of nitrogen functional groups attached to an aromatic ring is 2. The smallest absolute Gasteiger partial charge is 0.398 e. The molecule has 0 aliphatic carbocycles. The lowest BCUT2D eigenvalue weighted by atomic mass is 9.93. The first-order valence-electron chi connectivity index (χ1n) is 13.4. The van der Waals surface area contributed by atoms with Crippen LogP contribution in [0.25, 0.3) is 21.5 Å². The molecule has 2 aliphatic rings. The third kappa shape index (κ3) is 4.54. The minimum Gasteiger partial charge on any atom is -0.398 e. The largest absolute Gasteiger partial charge is 0.404 e. The fourth-order valence-electron chi connectivity index (χ4n) is 5.48. The average molecular weight is 578 g/mol. The lowest BCUT2D eigenvalue weighted by Crippen LogP contribution is -2.76. The van der Waals surface area contributed by atoms with E-state index in [2.05, 4.69) is 10.3 Å². The molecular formula is C31H25N6O6+. The average Bonchev–Trinajstić information content (AvgIpc) is 3.00. The molecule has 0 unspecified atom stereocenters. The lowest BCUT2D eigenvalue weighted by Gasteiger charge is -2.27. The highest BCUT2D eigenvalue weighted by molar-refractivity contribution is 6.28. The van der Waals surface area contributed by atoms with Gasteiger partial charge in [-0.05, 0) is 36.4 Å². The van der Waals surface area contributed by atoms with Gasteiger partial charge in [0.1, 0.15) is 12.8 Å². The van der Waals surface area contributed by atoms with Gasteiger partial charge >= 0.3 is 5.91 Å². The molecule has 0 spiro atoms. The van der Waals surface area contributed by atoms with Gasteiger partial charge in [-0.3, -0.25) is 33.8 Å². The summed E-state index contributed by atoms with van der Waals surface area (Å²) in [4.78, 5) is 81.5. The van der Waals surface area contributed by atoms with E-state index in [1.54, 1.807) is 54.6 Å². The summed E-state index contributed by atoms with van der Waals surface area (Å²) in [5, 5.41) is 4.74. The summed E-state index contributed by atoms with van der Waals surface area (Å²) < 4.78 is 0. The zero-order valence-electron chi connectivity index (χ0n) is 22.7. The number of benzene rings is 4. The van der Waals surface area contributed by atoms with Crippen LogP contribution in [0.5, 0.6) is 0 Å². The van der Waals surface area contributed by atoms with Crippen molar-refractivity contribution in [3.63, 3.8) is 0 Å². The highest BCUT2D eigenvalue weighted by Crippen LogP contribution is 2.34. The van der Waals surface area contributed by atoms with E-state index in [-0.39, 0.29) is 24.1 Å². The van der Waals surface area contributed by atoms with Gasteiger partial charge in [0, 0.05) is 68.1 Å². The van der Waals surface area contributed by atoms with Gasteiger partial charge in [0.2, 0.25) is 5.91 Å². The summed E-state index contributed by atoms with van der Waals surface area (Å²) >= 11 is 0. The number of nitrogens with one attached hydrogen (secondary N) is 2. The Morgan fingerprint density at radius 1 is 0.674 bits per heavy atom. The molecular weight excluding hydrogens is 552 g/mol. The van der Waals surface area contributed by atoms with Crippen LogP contribution < -0.4 is 21.8 Å². The number of rotatable bonds is 7. The van der Waals surface area contributed by atoms with Crippen molar-refractivity contribution in [2.75, 3.05) is 31.1 Å². The summed E-state index contributed by atoms with van der Waals surface area (Å²) in [5.74, 6) is -3.54. The third-order valence-corrected chi connectivity index (χ3v) is 7.53. The molecule has 2 aliphatic heterocycles. The number of imide groups is 2. The summed E-state index contributed by atoms with van der Waals surface area (Å²) in [6.45, 7) is -0.889. The Bertz CT molecular complexity index is 1920. The second-order valence-electron chi connectivity index (χ2n) is 10.2. The molecule has 6 rings (SSSR count). The van der Waals surface area contributed by atoms with Crippen LogP contribution in [0.3, 0.4) is 0 Å². The van der Waals surface area contributed by atoms with Crippen molar-refractivity contribution in [1.82, 2.24) is 15.1 Å². The maximum Gasteiger partial charge on any atom is 0.404 e. The molecule has 6 N–H and O–H groups in total. The lowest BCUT2D eigenvalue weighted by molar-refractivity contribution is -0.373. The first kappa shape index (κ1) is 27.3. The van der Waals surface area contributed by atoms with Gasteiger partial charge in [-0.2, -0.15) is 4.99 Å². The number of amides is 6. The number of hydrogen-bond acceptors (Lipinski definition) is 8. The van der Waals surface area contributed by atoms with Crippen LogP contribution >= 0.6 is 0 Å². The highest BCUT2D eigenvalue weighted by atomic mass is 16.2. The van der Waals surface area contributed by atoms with Gasteiger partial charge in [-0.15, -0.1) is 0 Å². The van der Waals surface area contributed by atoms with E-state index in [0.717, 1.165) is 9.80 Å². The molecule has 2 heterocycles. The molecule has 12 nitrogen and oxygen atoms in total. The van der Waals surface area contributed by atoms with E-state index in [1.807, 2.05) is 0 Å². The van der Waals surface area contributed by atoms with Crippen molar-refractivity contribution < 1.29 is 33.8 Å². The van der Waals surface area contributed by atoms with Crippen molar-refractivity contribution in [2.45, 2.75) is 6.42 Å². The van der Waals surface area contributed by atoms with Crippen molar-refractivity contribution in [1.29, 1.82) is 0 Å². The topological polar surface area (TPSA) is 187 Å². The Hall–Kier alpha value is -5.91. The van der Waals surface area contributed by atoms with Gasteiger partial charge in [-0.1, -0.05) is 24.3 Å². The van der Waals surface area contributed by atoms with Crippen LogP contribution in [0.2, 0.25) is 0 Å². The van der Waals surface area contributed by atoms with E-state index in [0.29, 0.717) is 44.0 Å². The van der Waals surface area contributed by atoms with E-state index in [4.69, 9.17) is 11.5 Å². The maximum atomic E-state index is 13.0. The van der Waals surface area contributed by atoms with Crippen molar-refractivity contribution in [2.24, 2.45) is 0 Å². The quantitative estimate of drug-likeness (QED) is 0.104. The van der Waals surface area contributed by atoms with Crippen LogP contribution in [-0.2, 0) is 9.59 Å². The standard InChI is InChI=1S/C31H24N6O6/c32-22-10-8-20-26-16(22)4-1-6-18(26)28(40)36(30(20)42)14-24(38)34-12-3-13-35-25(39)15-37-29(41)19-7-2-5-17-23(33)11-9-21(27(17)19)31(37)43/h1-2,4-12H,3,13-15,32-33H2,(H,35,39)/p+1. The monoisotopic (exact) mass is 577 g/mol. The van der Waals surface area contributed by atoms with Crippen LogP contribution in [0.1, 0.15) is 47.9 Å². The molecule has 0 bridgehead atoms. The first-order valence-corrected chi connectivity index (χ1v) is 13.4. The maximum absolute atomic E-state index is 13.0. The van der Waals surface area contributed by atoms with Gasteiger partial charge in [-0.25, -0.2) is 4.79 Å². The molecule has 0 saturated heterocycles. The number of anilines is 2. The molecule has 0 atom stereocenters. The van der Waals surface area contributed by atoms with E-state index in [9.17, 15) is 28.8 Å². The van der Waals surface area contributed by atoms with Crippen molar-refractivity contribution in [3.05, 3.63) is 82.9 Å². The normalized spacial score (nSPS) is 14.3. The second-order valence-corrected chi connectivity index (χ2v) is 10.2. The van der Waals surface area contributed by atoms with Crippen molar-refractivity contribution in [3.8, 4) is 0 Å². The minimum atomic E-state index is -0.600. The zero-order chi connectivity index (χ0) is 30.4. The highest BCUT2D eigenvalue weighted by Gasteiger charge is 2.36. The predicted octanol–water partition coefficient (Wildman–Crippen LogP) is 0.234. The number of nitrogens with two attached hydrogens (primary N) is 2. The molecule has 12 heteroatoms. The summed E-state index contributed by atoms with van der Waals surface area (Å²) in [6.07, 6.45) is 1.58. The van der Waals surface area contributed by atoms with Crippen molar-refractivity contribution >= 4 is 74.6 Å². The Morgan fingerprint density at radius 2 is 1.14 bits per heavy atom.